The van der Waals surface area contributed by atoms with E-state index in [-0.39, 0.29) is 11.6 Å². The lowest BCUT2D eigenvalue weighted by atomic mass is 9.95. The van der Waals surface area contributed by atoms with Crippen LogP contribution < -0.4 is 0 Å². The lowest BCUT2D eigenvalue weighted by Crippen LogP contribution is -2.10. The SMILES string of the molecule is CC(C)CO.O=C1C=CC(=O)c2ccccc21. The Morgan fingerprint density at radius 2 is 1.35 bits per heavy atom. The average Bonchev–Trinajstić information content (AvgIpc) is 2.35. The zero-order valence-electron chi connectivity index (χ0n) is 10.0. The summed E-state index contributed by atoms with van der Waals surface area (Å²) < 4.78 is 0. The molecule has 0 bridgehead atoms. The molecule has 0 atom stereocenters. The van der Waals surface area contributed by atoms with Crippen LogP contribution >= 0.6 is 0 Å². The van der Waals surface area contributed by atoms with Crippen molar-refractivity contribution < 1.29 is 14.7 Å². The fourth-order valence-electron chi connectivity index (χ4n) is 1.24. The van der Waals surface area contributed by atoms with Gasteiger partial charge in [-0.2, -0.15) is 0 Å². The molecule has 90 valence electrons. The number of benzene rings is 1. The van der Waals surface area contributed by atoms with Crippen LogP contribution in [0.3, 0.4) is 0 Å². The van der Waals surface area contributed by atoms with E-state index >= 15 is 0 Å². The molecule has 2 rings (SSSR count). The van der Waals surface area contributed by atoms with Crippen LogP contribution in [0.25, 0.3) is 0 Å². The van der Waals surface area contributed by atoms with Crippen molar-refractivity contribution in [1.29, 1.82) is 0 Å². The van der Waals surface area contributed by atoms with Crippen LogP contribution in [0.5, 0.6) is 0 Å². The van der Waals surface area contributed by atoms with Gasteiger partial charge in [-0.25, -0.2) is 0 Å². The van der Waals surface area contributed by atoms with E-state index in [4.69, 9.17) is 5.11 Å². The van der Waals surface area contributed by atoms with Crippen molar-refractivity contribution in [3.63, 3.8) is 0 Å². The molecule has 1 N–H and O–H groups in total. The van der Waals surface area contributed by atoms with Crippen molar-refractivity contribution in [3.8, 4) is 0 Å². The molecule has 17 heavy (non-hydrogen) atoms. The molecule has 0 aliphatic heterocycles. The van der Waals surface area contributed by atoms with Crippen molar-refractivity contribution in [1.82, 2.24) is 0 Å². The maximum absolute atomic E-state index is 11.2. The summed E-state index contributed by atoms with van der Waals surface area (Å²) in [5, 5.41) is 8.14. The van der Waals surface area contributed by atoms with Gasteiger partial charge in [-0.05, 0) is 18.1 Å². The van der Waals surface area contributed by atoms with Crippen LogP contribution in [0.15, 0.2) is 36.4 Å². The van der Waals surface area contributed by atoms with Crippen molar-refractivity contribution >= 4 is 11.6 Å². The second-order valence-corrected chi connectivity index (χ2v) is 4.18. The number of carbonyl (C=O) groups is 2. The Kier molecular flexibility index (Phi) is 4.79. The van der Waals surface area contributed by atoms with Crippen LogP contribution in [0.1, 0.15) is 34.6 Å². The number of fused-ring (bicyclic) bond motifs is 1. The number of ketones is 2. The number of hydrogen-bond acceptors (Lipinski definition) is 3. The minimum atomic E-state index is -0.0924. The summed E-state index contributed by atoms with van der Waals surface area (Å²) in [4.78, 5) is 22.4. The van der Waals surface area contributed by atoms with Gasteiger partial charge in [0, 0.05) is 17.7 Å². The third-order valence-electron chi connectivity index (χ3n) is 2.21. The van der Waals surface area contributed by atoms with Crippen molar-refractivity contribution in [2.24, 2.45) is 5.92 Å². The van der Waals surface area contributed by atoms with E-state index in [0.717, 1.165) is 0 Å². The highest BCUT2D eigenvalue weighted by molar-refractivity contribution is 6.21. The van der Waals surface area contributed by atoms with Crippen LogP contribution in [0, 0.1) is 5.92 Å². The molecule has 0 saturated carbocycles. The van der Waals surface area contributed by atoms with E-state index in [1.54, 1.807) is 24.3 Å². The predicted octanol–water partition coefficient (Wildman–Crippen LogP) is 2.26. The maximum atomic E-state index is 11.2. The number of carbonyl (C=O) groups excluding carboxylic acids is 2. The summed E-state index contributed by atoms with van der Waals surface area (Å²) in [5.41, 5.74) is 1.01. The van der Waals surface area contributed by atoms with Gasteiger partial charge in [-0.15, -0.1) is 0 Å². The molecule has 1 aromatic carbocycles. The fraction of sp³-hybridized carbons (Fsp3) is 0.286. The molecule has 1 aliphatic carbocycles. The molecule has 0 amide bonds. The number of aliphatic hydroxyl groups is 1. The van der Waals surface area contributed by atoms with Crippen LogP contribution in [-0.4, -0.2) is 23.3 Å². The van der Waals surface area contributed by atoms with Gasteiger partial charge in [0.05, 0.1) is 0 Å². The highest BCUT2D eigenvalue weighted by atomic mass is 16.3. The van der Waals surface area contributed by atoms with Crippen molar-refractivity contribution in [3.05, 3.63) is 47.5 Å². The molecular weight excluding hydrogens is 216 g/mol. The minimum absolute atomic E-state index is 0.0924. The van der Waals surface area contributed by atoms with E-state index in [2.05, 4.69) is 0 Å². The summed E-state index contributed by atoms with van der Waals surface area (Å²) in [6.07, 6.45) is 2.62. The Bertz CT molecular complexity index is 408. The molecule has 0 aromatic heterocycles. The zero-order chi connectivity index (χ0) is 12.8. The van der Waals surface area contributed by atoms with Crippen LogP contribution in [-0.2, 0) is 0 Å². The zero-order valence-corrected chi connectivity index (χ0v) is 10.0. The lowest BCUT2D eigenvalue weighted by molar-refractivity contribution is 0.0994. The Hall–Kier alpha value is -1.74. The van der Waals surface area contributed by atoms with Crippen molar-refractivity contribution in [2.45, 2.75) is 13.8 Å². The highest BCUT2D eigenvalue weighted by Gasteiger charge is 2.16. The van der Waals surface area contributed by atoms with Gasteiger partial charge >= 0.3 is 0 Å². The average molecular weight is 232 g/mol. The molecule has 3 nitrogen and oxygen atoms in total. The monoisotopic (exact) mass is 232 g/mol. The third kappa shape index (κ3) is 3.64. The Morgan fingerprint density at radius 3 is 1.65 bits per heavy atom. The first-order valence-corrected chi connectivity index (χ1v) is 5.53. The maximum Gasteiger partial charge on any atom is 0.186 e. The standard InChI is InChI=1S/C10H6O2.C4H10O/c11-9-5-6-10(12)8-4-2-1-3-7(8)9;1-4(2)3-5/h1-6H;4-5H,3H2,1-2H3. The molecule has 1 aliphatic rings. The quantitative estimate of drug-likeness (QED) is 0.808. The molecule has 1 aromatic rings. The van der Waals surface area contributed by atoms with E-state index in [9.17, 15) is 9.59 Å². The molecule has 0 saturated heterocycles. The first kappa shape index (κ1) is 13.3. The Balaban J connectivity index is 0.000000249. The van der Waals surface area contributed by atoms with Gasteiger partial charge in [0.2, 0.25) is 0 Å². The minimum Gasteiger partial charge on any atom is -0.396 e. The lowest BCUT2D eigenvalue weighted by Gasteiger charge is -2.06. The van der Waals surface area contributed by atoms with E-state index in [1.165, 1.54) is 12.2 Å². The smallest absolute Gasteiger partial charge is 0.186 e. The normalized spacial score (nSPS) is 13.2. The first-order chi connectivity index (χ1) is 8.06. The van der Waals surface area contributed by atoms with E-state index < -0.39 is 0 Å². The number of aliphatic hydroxyl groups excluding tert-OH is 1. The molecule has 0 heterocycles. The molecular formula is C14H16O3. The summed E-state index contributed by atoms with van der Waals surface area (Å²) in [6, 6.07) is 6.84. The summed E-state index contributed by atoms with van der Waals surface area (Å²) in [7, 11) is 0. The molecule has 0 unspecified atom stereocenters. The molecule has 3 heteroatoms. The largest absolute Gasteiger partial charge is 0.396 e. The van der Waals surface area contributed by atoms with Gasteiger partial charge in [-0.3, -0.25) is 9.59 Å². The molecule has 0 radical (unpaired) electrons. The Labute approximate surface area is 101 Å². The number of hydrogen-bond donors (Lipinski definition) is 1. The topological polar surface area (TPSA) is 54.4 Å². The number of allylic oxidation sites excluding steroid dienone is 2. The fourth-order valence-corrected chi connectivity index (χ4v) is 1.24. The predicted molar refractivity (Wildman–Crippen MR) is 66.2 cm³/mol. The molecule has 0 fully saturated rings. The van der Waals surface area contributed by atoms with Crippen molar-refractivity contribution in [2.75, 3.05) is 6.61 Å². The van der Waals surface area contributed by atoms with Gasteiger partial charge < -0.3 is 5.11 Å². The highest BCUT2D eigenvalue weighted by Crippen LogP contribution is 2.15. The summed E-state index contributed by atoms with van der Waals surface area (Å²) in [5.74, 6) is 0.255. The van der Waals surface area contributed by atoms with Gasteiger partial charge in [-0.1, -0.05) is 38.1 Å². The van der Waals surface area contributed by atoms with Gasteiger partial charge in [0.25, 0.3) is 0 Å². The first-order valence-electron chi connectivity index (χ1n) is 5.53. The number of rotatable bonds is 1. The Morgan fingerprint density at radius 1 is 1.00 bits per heavy atom. The second kappa shape index (κ2) is 6.11. The van der Waals surface area contributed by atoms with Gasteiger partial charge in [0.15, 0.2) is 11.6 Å². The van der Waals surface area contributed by atoms with E-state index in [1.807, 2.05) is 13.8 Å². The van der Waals surface area contributed by atoms with E-state index in [0.29, 0.717) is 23.7 Å². The summed E-state index contributed by atoms with van der Waals surface area (Å²) in [6.45, 7) is 4.25. The van der Waals surface area contributed by atoms with Gasteiger partial charge in [0.1, 0.15) is 0 Å². The second-order valence-electron chi connectivity index (χ2n) is 4.18. The van der Waals surface area contributed by atoms with Crippen LogP contribution in [0.2, 0.25) is 0 Å². The summed E-state index contributed by atoms with van der Waals surface area (Å²) >= 11 is 0. The third-order valence-corrected chi connectivity index (χ3v) is 2.21. The molecule has 0 spiro atoms. The van der Waals surface area contributed by atoms with Crippen LogP contribution in [0.4, 0.5) is 0 Å².